The van der Waals surface area contributed by atoms with Crippen LogP contribution in [-0.2, 0) is 5.41 Å². The van der Waals surface area contributed by atoms with Gasteiger partial charge >= 0.3 is 258 Å². The van der Waals surface area contributed by atoms with Crippen molar-refractivity contribution < 1.29 is 0 Å². The maximum atomic E-state index is 2.48. The minimum absolute atomic E-state index is 0.0126. The molecule has 2 heteroatoms. The molecule has 1 aromatic heterocycles. The van der Waals surface area contributed by atoms with E-state index in [1.165, 1.54) is 80.2 Å². The molecule has 1 aliphatic carbocycles. The van der Waals surface area contributed by atoms with Gasteiger partial charge < -0.3 is 0 Å². The van der Waals surface area contributed by atoms with Crippen LogP contribution in [0.4, 0.5) is 17.1 Å². The molecule has 0 aliphatic heterocycles. The SMILES string of the molecule is CC1(C)c2ccccc2-c2cc(N(c3ccccc3)c3cccc4[se]c5c(ccc6ccc7ccccc7c65)c34)ccc21. The van der Waals surface area contributed by atoms with E-state index in [0.717, 1.165) is 0 Å². The Morgan fingerprint density at radius 2 is 1.26 bits per heavy atom. The van der Waals surface area contributed by atoms with Crippen LogP contribution in [0.5, 0.6) is 0 Å². The predicted molar refractivity (Wildman–Crippen MR) is 186 cm³/mol. The van der Waals surface area contributed by atoms with Crippen molar-refractivity contribution in [3.63, 3.8) is 0 Å². The molecule has 0 N–H and O–H groups in total. The van der Waals surface area contributed by atoms with Crippen LogP contribution < -0.4 is 4.90 Å². The van der Waals surface area contributed by atoms with Crippen LogP contribution in [0.15, 0.2) is 140 Å². The zero-order valence-corrected chi connectivity index (χ0v) is 25.8. The van der Waals surface area contributed by atoms with E-state index in [2.05, 4.69) is 158 Å². The Morgan fingerprint density at radius 3 is 2.16 bits per heavy atom. The Bertz CT molecular complexity index is 2380. The number of para-hydroxylation sites is 1. The van der Waals surface area contributed by atoms with Gasteiger partial charge in [-0.25, -0.2) is 0 Å². The third-order valence-corrected chi connectivity index (χ3v) is 11.9. The summed E-state index contributed by atoms with van der Waals surface area (Å²) >= 11 is 0.216. The zero-order valence-electron chi connectivity index (χ0n) is 24.1. The van der Waals surface area contributed by atoms with Gasteiger partial charge in [-0.2, -0.15) is 0 Å². The number of rotatable bonds is 3. The minimum atomic E-state index is -0.0126. The molecule has 9 rings (SSSR count). The van der Waals surface area contributed by atoms with E-state index >= 15 is 0 Å². The fourth-order valence-corrected chi connectivity index (χ4v) is 10.1. The molecule has 0 unspecified atom stereocenters. The van der Waals surface area contributed by atoms with Crippen molar-refractivity contribution in [2.24, 2.45) is 0 Å². The van der Waals surface area contributed by atoms with Crippen LogP contribution >= 0.6 is 0 Å². The first-order valence-electron chi connectivity index (χ1n) is 14.9. The molecule has 0 atom stereocenters. The average molecular weight is 615 g/mol. The van der Waals surface area contributed by atoms with Gasteiger partial charge in [0.05, 0.1) is 0 Å². The van der Waals surface area contributed by atoms with Crippen molar-refractivity contribution in [2.45, 2.75) is 19.3 Å². The Labute approximate surface area is 257 Å². The van der Waals surface area contributed by atoms with Crippen molar-refractivity contribution in [1.29, 1.82) is 0 Å². The van der Waals surface area contributed by atoms with Crippen molar-refractivity contribution in [3.8, 4) is 11.1 Å². The molecular formula is C41H29NSe. The molecule has 0 saturated heterocycles. The normalized spacial score (nSPS) is 13.5. The fraction of sp³-hybridized carbons (Fsp3) is 0.0732. The molecule has 1 aliphatic rings. The first-order chi connectivity index (χ1) is 21.1. The molecular weight excluding hydrogens is 585 g/mol. The van der Waals surface area contributed by atoms with E-state index in [4.69, 9.17) is 0 Å². The molecule has 204 valence electrons. The number of hydrogen-bond donors (Lipinski definition) is 0. The second kappa shape index (κ2) is 9.19. The molecule has 0 spiro atoms. The predicted octanol–water partition coefficient (Wildman–Crippen LogP) is 11.1. The molecule has 0 bridgehead atoms. The number of fused-ring (bicyclic) bond motifs is 10. The van der Waals surface area contributed by atoms with E-state index in [9.17, 15) is 0 Å². The molecule has 7 aromatic carbocycles. The molecule has 0 radical (unpaired) electrons. The molecule has 1 heterocycles. The van der Waals surface area contributed by atoms with Gasteiger partial charge in [0.25, 0.3) is 0 Å². The topological polar surface area (TPSA) is 3.24 Å². The summed E-state index contributed by atoms with van der Waals surface area (Å²) in [6.07, 6.45) is 0. The number of hydrogen-bond acceptors (Lipinski definition) is 1. The second-order valence-corrected chi connectivity index (χ2v) is 14.4. The van der Waals surface area contributed by atoms with Gasteiger partial charge in [0.2, 0.25) is 0 Å². The van der Waals surface area contributed by atoms with Crippen molar-refractivity contribution in [3.05, 3.63) is 151 Å². The first kappa shape index (κ1) is 24.9. The van der Waals surface area contributed by atoms with Crippen LogP contribution in [0.1, 0.15) is 25.0 Å². The van der Waals surface area contributed by atoms with Crippen LogP contribution in [0, 0.1) is 0 Å². The zero-order chi connectivity index (χ0) is 28.7. The van der Waals surface area contributed by atoms with Gasteiger partial charge in [-0.05, 0) is 0 Å². The summed E-state index contributed by atoms with van der Waals surface area (Å²) in [5.74, 6) is 0. The summed E-state index contributed by atoms with van der Waals surface area (Å²) in [5.41, 5.74) is 9.10. The van der Waals surface area contributed by atoms with Crippen LogP contribution in [0.3, 0.4) is 0 Å². The summed E-state index contributed by atoms with van der Waals surface area (Å²) < 4.78 is 2.95. The summed E-state index contributed by atoms with van der Waals surface area (Å²) in [6.45, 7) is 4.70. The Morgan fingerprint density at radius 1 is 0.512 bits per heavy atom. The maximum absolute atomic E-state index is 2.48. The molecule has 43 heavy (non-hydrogen) atoms. The molecule has 8 aromatic rings. The van der Waals surface area contributed by atoms with E-state index < -0.39 is 0 Å². The van der Waals surface area contributed by atoms with Crippen molar-refractivity contribution in [2.75, 3.05) is 4.90 Å². The summed E-state index contributed by atoms with van der Waals surface area (Å²) in [7, 11) is 0. The Balaban J connectivity index is 1.34. The third kappa shape index (κ3) is 3.58. The molecule has 1 nitrogen and oxygen atoms in total. The van der Waals surface area contributed by atoms with Gasteiger partial charge in [0.15, 0.2) is 0 Å². The van der Waals surface area contributed by atoms with Gasteiger partial charge in [-0.3, -0.25) is 0 Å². The van der Waals surface area contributed by atoms with Gasteiger partial charge in [0, 0.05) is 0 Å². The van der Waals surface area contributed by atoms with E-state index in [1.54, 1.807) is 0 Å². The molecule has 0 fully saturated rings. The summed E-state index contributed by atoms with van der Waals surface area (Å²) in [5, 5.41) is 8.16. The molecule has 0 saturated carbocycles. The van der Waals surface area contributed by atoms with Crippen LogP contribution in [0.2, 0.25) is 0 Å². The van der Waals surface area contributed by atoms with E-state index in [0.29, 0.717) is 0 Å². The monoisotopic (exact) mass is 615 g/mol. The Kier molecular flexibility index (Phi) is 5.33. The van der Waals surface area contributed by atoms with Gasteiger partial charge in [0.1, 0.15) is 0 Å². The molecule has 0 amide bonds. The van der Waals surface area contributed by atoms with Gasteiger partial charge in [-0.15, -0.1) is 0 Å². The quantitative estimate of drug-likeness (QED) is 0.141. The average Bonchev–Trinajstić information content (AvgIpc) is 3.54. The van der Waals surface area contributed by atoms with Crippen LogP contribution in [-0.4, -0.2) is 14.5 Å². The van der Waals surface area contributed by atoms with E-state index in [1.807, 2.05) is 0 Å². The standard InChI is InChI=1S/C41H29NSe/c1-41(2)34-16-9-8-15-31(34)33-25-29(22-24-35(33)41)42(28-12-4-3-5-13-28)36-17-10-18-37-39(36)32-23-21-27-20-19-26-11-6-7-14-30(26)38(27)40(32)43-37/h3-25H,1-2H3. The van der Waals surface area contributed by atoms with Crippen molar-refractivity contribution in [1.82, 2.24) is 0 Å². The van der Waals surface area contributed by atoms with Crippen LogP contribution in [0.25, 0.3) is 52.0 Å². The summed E-state index contributed by atoms with van der Waals surface area (Å²) in [6, 6.07) is 51.9. The number of anilines is 3. The van der Waals surface area contributed by atoms with Crippen molar-refractivity contribution >= 4 is 72.4 Å². The van der Waals surface area contributed by atoms with E-state index in [-0.39, 0.29) is 19.9 Å². The van der Waals surface area contributed by atoms with Gasteiger partial charge in [-0.1, -0.05) is 0 Å². The Hall–Kier alpha value is -4.62. The third-order valence-electron chi connectivity index (χ3n) is 9.43. The second-order valence-electron chi connectivity index (χ2n) is 12.2. The number of nitrogens with zero attached hydrogens (tertiary/aromatic N) is 1. The summed E-state index contributed by atoms with van der Waals surface area (Å²) in [4.78, 5) is 2.48. The first-order valence-corrected chi connectivity index (χ1v) is 16.7. The fourth-order valence-electron chi connectivity index (χ4n) is 7.39. The number of benzene rings is 7.